The molecule has 0 radical (unpaired) electrons. The number of rotatable bonds is 6. The summed E-state index contributed by atoms with van der Waals surface area (Å²) in [5.74, 6) is 0.827. The molecule has 2 aliphatic rings. The molecule has 1 N–H and O–H groups in total. The van der Waals surface area contributed by atoms with E-state index in [0.29, 0.717) is 54.7 Å². The highest BCUT2D eigenvalue weighted by Gasteiger charge is 2.28. The zero-order valence-corrected chi connectivity index (χ0v) is 22.0. The Morgan fingerprint density at radius 1 is 1.03 bits per heavy atom. The van der Waals surface area contributed by atoms with Crippen molar-refractivity contribution in [3.8, 4) is 0 Å². The maximum Gasteiger partial charge on any atom is 0.260 e. The fourth-order valence-electron chi connectivity index (χ4n) is 5.74. The lowest BCUT2D eigenvalue weighted by Gasteiger charge is -2.44. The summed E-state index contributed by atoms with van der Waals surface area (Å²) < 4.78 is 1.86. The highest BCUT2D eigenvalue weighted by Crippen LogP contribution is 2.33. The number of likely N-dealkylation sites (N-methyl/N-ethyl adjacent to an activating group) is 1. The van der Waals surface area contributed by atoms with Crippen LogP contribution in [0.1, 0.15) is 65.3 Å². The smallest absolute Gasteiger partial charge is 0.260 e. The summed E-state index contributed by atoms with van der Waals surface area (Å²) in [5, 5.41) is 5.77. The van der Waals surface area contributed by atoms with Gasteiger partial charge < -0.3 is 10.2 Å². The van der Waals surface area contributed by atoms with Crippen LogP contribution in [0.2, 0.25) is 0 Å². The molecule has 0 spiro atoms. The number of piperazine rings is 1. The second-order valence-corrected chi connectivity index (χ2v) is 10.7. The average molecular weight is 491 g/mol. The summed E-state index contributed by atoms with van der Waals surface area (Å²) in [6.45, 7) is 9.33. The van der Waals surface area contributed by atoms with E-state index in [1.807, 2.05) is 10.8 Å². The number of nitrogens with one attached hydrogen (secondary N) is 1. The molecule has 8 nitrogen and oxygen atoms in total. The minimum Gasteiger partial charge on any atom is -0.366 e. The predicted octanol–water partition coefficient (Wildman–Crippen LogP) is 4.37. The molecule has 5 rings (SSSR count). The Hall–Kier alpha value is -3.00. The van der Waals surface area contributed by atoms with E-state index in [0.717, 1.165) is 48.9 Å². The van der Waals surface area contributed by atoms with Gasteiger partial charge in [-0.25, -0.2) is 4.98 Å². The van der Waals surface area contributed by atoms with Gasteiger partial charge >= 0.3 is 0 Å². The van der Waals surface area contributed by atoms with Gasteiger partial charge in [0.1, 0.15) is 11.4 Å². The molecule has 1 aliphatic carbocycles. The summed E-state index contributed by atoms with van der Waals surface area (Å²) >= 11 is 0. The SMILES string of the molecule is CCCCNc1ncc2c3ccc(N4C[C@@H](C)N(C)CC4C)cc3c(=O)n(C3CCC(=O)CC3)c2n1. The number of Topliss-reactive ketones (excluding diaryl/α,β-unsaturated/α-hetero) is 1. The molecule has 8 heteroatoms. The molecule has 36 heavy (non-hydrogen) atoms. The number of benzene rings is 1. The highest BCUT2D eigenvalue weighted by atomic mass is 16.1. The Bertz CT molecular complexity index is 1330. The van der Waals surface area contributed by atoms with Crippen LogP contribution < -0.4 is 15.8 Å². The molecule has 192 valence electrons. The second-order valence-electron chi connectivity index (χ2n) is 10.7. The van der Waals surface area contributed by atoms with Crippen molar-refractivity contribution in [3.63, 3.8) is 0 Å². The first-order valence-corrected chi connectivity index (χ1v) is 13.4. The van der Waals surface area contributed by atoms with E-state index >= 15 is 0 Å². The van der Waals surface area contributed by atoms with Crippen molar-refractivity contribution in [3.05, 3.63) is 34.7 Å². The lowest BCUT2D eigenvalue weighted by molar-refractivity contribution is -0.120. The summed E-state index contributed by atoms with van der Waals surface area (Å²) in [7, 11) is 2.17. The van der Waals surface area contributed by atoms with E-state index in [9.17, 15) is 9.59 Å². The van der Waals surface area contributed by atoms with Gasteiger partial charge in [0.2, 0.25) is 5.95 Å². The third kappa shape index (κ3) is 4.59. The number of nitrogens with zero attached hydrogens (tertiary/aromatic N) is 5. The minimum absolute atomic E-state index is 0.0215. The first kappa shape index (κ1) is 24.7. The molecular formula is C28H38N6O2. The number of fused-ring (bicyclic) bond motifs is 3. The number of anilines is 2. The lowest BCUT2D eigenvalue weighted by Crippen LogP contribution is -2.55. The van der Waals surface area contributed by atoms with Crippen LogP contribution >= 0.6 is 0 Å². The van der Waals surface area contributed by atoms with Crippen molar-refractivity contribution < 1.29 is 4.79 Å². The van der Waals surface area contributed by atoms with Crippen LogP contribution in [0, 0.1) is 0 Å². The summed E-state index contributed by atoms with van der Waals surface area (Å²) in [6.07, 6.45) is 6.34. The third-order valence-corrected chi connectivity index (χ3v) is 8.06. The number of aromatic nitrogens is 3. The first-order chi connectivity index (χ1) is 17.4. The van der Waals surface area contributed by atoms with E-state index in [2.05, 4.69) is 66.1 Å². The van der Waals surface area contributed by atoms with Crippen molar-refractivity contribution in [2.45, 2.75) is 77.4 Å². The van der Waals surface area contributed by atoms with Gasteiger partial charge in [0.15, 0.2) is 0 Å². The number of ketones is 1. The van der Waals surface area contributed by atoms with Crippen molar-refractivity contribution in [1.29, 1.82) is 0 Å². The monoisotopic (exact) mass is 490 g/mol. The Balaban J connectivity index is 1.65. The van der Waals surface area contributed by atoms with E-state index in [1.165, 1.54) is 0 Å². The Morgan fingerprint density at radius 3 is 2.56 bits per heavy atom. The molecule has 1 aromatic carbocycles. The van der Waals surface area contributed by atoms with Crippen LogP contribution in [0.4, 0.5) is 11.6 Å². The molecule has 0 amide bonds. The van der Waals surface area contributed by atoms with Gasteiger partial charge in [-0.3, -0.25) is 19.1 Å². The number of hydrogen-bond acceptors (Lipinski definition) is 7. The molecular weight excluding hydrogens is 452 g/mol. The third-order valence-electron chi connectivity index (χ3n) is 8.06. The number of unbranched alkanes of at least 4 members (excludes halogenated alkanes) is 1. The zero-order valence-electron chi connectivity index (χ0n) is 22.0. The quantitative estimate of drug-likeness (QED) is 0.406. The molecule has 2 aromatic heterocycles. The van der Waals surface area contributed by atoms with E-state index in [4.69, 9.17) is 4.98 Å². The van der Waals surface area contributed by atoms with Gasteiger partial charge in [0.05, 0.1) is 5.39 Å². The van der Waals surface area contributed by atoms with Gasteiger partial charge in [-0.05, 0) is 57.7 Å². The molecule has 0 bridgehead atoms. The summed E-state index contributed by atoms with van der Waals surface area (Å²) in [4.78, 5) is 40.3. The molecule has 1 saturated carbocycles. The topological polar surface area (TPSA) is 83.4 Å². The van der Waals surface area contributed by atoms with Crippen LogP contribution in [-0.4, -0.2) is 64.0 Å². The van der Waals surface area contributed by atoms with Gasteiger partial charge in [-0.15, -0.1) is 0 Å². The van der Waals surface area contributed by atoms with E-state index in [-0.39, 0.29) is 17.4 Å². The maximum atomic E-state index is 14.1. The largest absolute Gasteiger partial charge is 0.366 e. The van der Waals surface area contributed by atoms with Gasteiger partial charge in [0.25, 0.3) is 5.56 Å². The van der Waals surface area contributed by atoms with E-state index in [1.54, 1.807) is 0 Å². The van der Waals surface area contributed by atoms with Gasteiger partial charge in [-0.1, -0.05) is 19.4 Å². The Morgan fingerprint density at radius 2 is 1.81 bits per heavy atom. The van der Waals surface area contributed by atoms with Gasteiger partial charge in [0, 0.05) is 67.9 Å². The second kappa shape index (κ2) is 10.2. The first-order valence-electron chi connectivity index (χ1n) is 13.4. The van der Waals surface area contributed by atoms with Crippen molar-refractivity contribution >= 4 is 39.2 Å². The van der Waals surface area contributed by atoms with E-state index < -0.39 is 0 Å². The zero-order chi connectivity index (χ0) is 25.4. The number of pyridine rings is 1. The molecule has 3 aromatic rings. The molecule has 1 aliphatic heterocycles. The van der Waals surface area contributed by atoms with Crippen LogP contribution in [0.15, 0.2) is 29.2 Å². The number of carbonyl (C=O) groups is 1. The van der Waals surface area contributed by atoms with Crippen molar-refractivity contribution in [1.82, 2.24) is 19.4 Å². The fraction of sp³-hybridized carbons (Fsp3) is 0.571. The normalized spacial score (nSPS) is 22.0. The summed E-state index contributed by atoms with van der Waals surface area (Å²) in [5.41, 5.74) is 1.72. The molecule has 3 heterocycles. The lowest BCUT2D eigenvalue weighted by atomic mass is 9.93. The van der Waals surface area contributed by atoms with Crippen LogP contribution in [-0.2, 0) is 4.79 Å². The maximum absolute atomic E-state index is 14.1. The summed E-state index contributed by atoms with van der Waals surface area (Å²) in [6, 6.07) is 7.02. The molecule has 1 saturated heterocycles. The molecule has 2 atom stereocenters. The predicted molar refractivity (Wildman–Crippen MR) is 146 cm³/mol. The Kier molecular flexibility index (Phi) is 6.97. The standard InChI is InChI=1S/C28H38N6O2/c1-5-6-13-29-28-30-15-25-23-12-9-21(33-17-18(2)32(4)16-19(33)3)14-24(23)27(36)34(26(25)31-28)20-7-10-22(35)11-8-20/h9,12,14-15,18-20H,5-8,10-11,13,16-17H2,1-4H3,(H,29,30,31)/t18-,19?/m1/s1. The fourth-order valence-corrected chi connectivity index (χ4v) is 5.74. The van der Waals surface area contributed by atoms with Crippen LogP contribution in [0.25, 0.3) is 21.8 Å². The number of hydrogen-bond donors (Lipinski definition) is 1. The molecule has 2 fully saturated rings. The highest BCUT2D eigenvalue weighted by molar-refractivity contribution is 6.05. The van der Waals surface area contributed by atoms with Gasteiger partial charge in [-0.2, -0.15) is 4.98 Å². The van der Waals surface area contributed by atoms with Crippen LogP contribution in [0.3, 0.4) is 0 Å². The average Bonchev–Trinajstić information content (AvgIpc) is 2.87. The Labute approximate surface area is 212 Å². The van der Waals surface area contributed by atoms with Crippen molar-refractivity contribution in [2.24, 2.45) is 0 Å². The molecule has 1 unspecified atom stereocenters. The van der Waals surface area contributed by atoms with Crippen LogP contribution in [0.5, 0.6) is 0 Å². The minimum atomic E-state index is -0.0354. The number of carbonyl (C=O) groups excluding carboxylic acids is 1. The van der Waals surface area contributed by atoms with Crippen molar-refractivity contribution in [2.75, 3.05) is 36.9 Å².